The van der Waals surface area contributed by atoms with Gasteiger partial charge in [0.1, 0.15) is 5.60 Å². The minimum atomic E-state index is -0.304. The number of carbonyl (C=O) groups excluding carboxylic acids is 1. The second kappa shape index (κ2) is 19.6. The van der Waals surface area contributed by atoms with Crippen LogP contribution in [0.1, 0.15) is 79.3 Å². The standard InChI is InChI=1S/C37H55N5O2S/c1-14-27(4)23-36(43)38-35-22-21-34(39-40-35)20-18-17-19-29(6)45-31(8)42(13)28(5)24-32(15-2)25-33(16-3)26-41(12)30(7)44-37(9,10)11/h14-16,21-22,25H,3,5-8,17-20,23-24,26H2,1-2,4,9-13H3,(H,38,40,43)/b27-14+,32-15-,33-25+. The fraction of sp³-hybridized carbons (Fsp3) is 0.432. The summed E-state index contributed by atoms with van der Waals surface area (Å²) in [5, 5.41) is 12.1. The molecular weight excluding hydrogens is 579 g/mol. The molecule has 1 heterocycles. The topological polar surface area (TPSA) is 70.6 Å². The highest BCUT2D eigenvalue weighted by molar-refractivity contribution is 8.06. The zero-order valence-corrected chi connectivity index (χ0v) is 29.8. The van der Waals surface area contributed by atoms with E-state index in [0.717, 1.165) is 63.7 Å². The molecule has 1 aromatic rings. The van der Waals surface area contributed by atoms with E-state index in [1.807, 2.05) is 83.7 Å². The molecule has 1 aromatic heterocycles. The maximum atomic E-state index is 12.0. The molecule has 0 aliphatic rings. The van der Waals surface area contributed by atoms with E-state index < -0.39 is 0 Å². The van der Waals surface area contributed by atoms with Gasteiger partial charge in [0.2, 0.25) is 5.91 Å². The first-order valence-corrected chi connectivity index (χ1v) is 16.2. The minimum Gasteiger partial charge on any atom is -0.474 e. The number of ether oxygens (including phenoxy) is 1. The van der Waals surface area contributed by atoms with Crippen LogP contribution in [0.4, 0.5) is 5.82 Å². The van der Waals surface area contributed by atoms with E-state index in [-0.39, 0.29) is 11.5 Å². The largest absolute Gasteiger partial charge is 0.474 e. The van der Waals surface area contributed by atoms with Gasteiger partial charge in [-0.2, -0.15) is 5.10 Å². The van der Waals surface area contributed by atoms with Crippen molar-refractivity contribution in [3.05, 3.63) is 113 Å². The normalized spacial score (nSPS) is 12.3. The molecule has 7 nitrogen and oxygen atoms in total. The Hall–Kier alpha value is -3.78. The first kappa shape index (κ1) is 39.2. The lowest BCUT2D eigenvalue weighted by molar-refractivity contribution is -0.115. The smallest absolute Gasteiger partial charge is 0.229 e. The zero-order valence-electron chi connectivity index (χ0n) is 29.0. The van der Waals surface area contributed by atoms with Crippen molar-refractivity contribution in [2.24, 2.45) is 0 Å². The maximum Gasteiger partial charge on any atom is 0.229 e. The number of hydrogen-bond acceptors (Lipinski definition) is 7. The fourth-order valence-corrected chi connectivity index (χ4v) is 4.83. The SMILES string of the molecule is C=C/C(=C\C(=C/C)CC(=C)N(C)C(=C)SC(=C)CCCCc1ccc(NC(=O)C/C(C)=C/C)nn1)CN(C)C(=C)OC(C)(C)C. The van der Waals surface area contributed by atoms with E-state index in [4.69, 9.17) is 4.74 Å². The van der Waals surface area contributed by atoms with Crippen LogP contribution >= 0.6 is 11.8 Å². The van der Waals surface area contributed by atoms with Gasteiger partial charge >= 0.3 is 0 Å². The van der Waals surface area contributed by atoms with Gasteiger partial charge in [-0.05, 0) is 102 Å². The maximum absolute atomic E-state index is 12.0. The summed E-state index contributed by atoms with van der Waals surface area (Å²) in [7, 11) is 3.95. The van der Waals surface area contributed by atoms with Crippen LogP contribution in [-0.2, 0) is 16.0 Å². The van der Waals surface area contributed by atoms with Crippen LogP contribution in [0.2, 0.25) is 0 Å². The van der Waals surface area contributed by atoms with Crippen molar-refractivity contribution in [1.29, 1.82) is 0 Å². The van der Waals surface area contributed by atoms with Crippen molar-refractivity contribution in [2.75, 3.05) is 26.0 Å². The monoisotopic (exact) mass is 633 g/mol. The quantitative estimate of drug-likeness (QED) is 0.0664. The molecule has 0 aliphatic heterocycles. The van der Waals surface area contributed by atoms with Crippen molar-refractivity contribution in [3.63, 3.8) is 0 Å². The number of nitrogens with one attached hydrogen (secondary N) is 1. The predicted octanol–water partition coefficient (Wildman–Crippen LogP) is 9.31. The van der Waals surface area contributed by atoms with Crippen LogP contribution in [-0.4, -0.2) is 52.1 Å². The van der Waals surface area contributed by atoms with Crippen molar-refractivity contribution >= 4 is 23.5 Å². The second-order valence-electron chi connectivity index (χ2n) is 12.1. The fourth-order valence-electron chi connectivity index (χ4n) is 3.98. The Balaban J connectivity index is 2.53. The third kappa shape index (κ3) is 16.2. The van der Waals surface area contributed by atoms with Crippen LogP contribution in [0, 0.1) is 0 Å². The number of hydrogen-bond donors (Lipinski definition) is 1. The van der Waals surface area contributed by atoms with Crippen LogP contribution in [0.25, 0.3) is 0 Å². The lowest BCUT2D eigenvalue weighted by Crippen LogP contribution is -2.28. The van der Waals surface area contributed by atoms with Gasteiger partial charge in [0.25, 0.3) is 0 Å². The molecule has 0 unspecified atom stereocenters. The summed E-state index contributed by atoms with van der Waals surface area (Å²) < 4.78 is 5.90. The Morgan fingerprint density at radius 1 is 1.02 bits per heavy atom. The molecule has 45 heavy (non-hydrogen) atoms. The van der Waals surface area contributed by atoms with Crippen LogP contribution in [0.5, 0.6) is 0 Å². The molecule has 1 N–H and O–H groups in total. The van der Waals surface area contributed by atoms with Crippen molar-refractivity contribution < 1.29 is 9.53 Å². The number of likely N-dealkylation sites (N-methyl/N-ethyl adjacent to an activating group) is 1. The number of amides is 1. The highest BCUT2D eigenvalue weighted by Crippen LogP contribution is 2.31. The van der Waals surface area contributed by atoms with Crippen LogP contribution in [0.3, 0.4) is 0 Å². The van der Waals surface area contributed by atoms with E-state index in [9.17, 15) is 4.79 Å². The van der Waals surface area contributed by atoms with E-state index in [2.05, 4.69) is 60.6 Å². The molecule has 0 radical (unpaired) electrons. The van der Waals surface area contributed by atoms with Gasteiger partial charge in [0.05, 0.1) is 10.7 Å². The van der Waals surface area contributed by atoms with E-state index in [1.165, 1.54) is 0 Å². The molecule has 0 atom stereocenters. The van der Waals surface area contributed by atoms with Gasteiger partial charge in [0, 0.05) is 39.2 Å². The van der Waals surface area contributed by atoms with E-state index in [1.54, 1.807) is 17.8 Å². The zero-order chi connectivity index (χ0) is 34.2. The van der Waals surface area contributed by atoms with Crippen molar-refractivity contribution in [3.8, 4) is 0 Å². The Morgan fingerprint density at radius 3 is 2.27 bits per heavy atom. The Morgan fingerprint density at radius 2 is 1.71 bits per heavy atom. The number of unbranched alkanes of at least 4 members (excludes halogenated alkanes) is 1. The summed E-state index contributed by atoms with van der Waals surface area (Å²) in [5.74, 6) is 1.00. The summed E-state index contributed by atoms with van der Waals surface area (Å²) in [4.78, 5) is 17.1. The summed E-state index contributed by atoms with van der Waals surface area (Å²) in [5.41, 5.74) is 4.75. The molecule has 0 aliphatic carbocycles. The number of anilines is 1. The van der Waals surface area contributed by atoms with E-state index in [0.29, 0.717) is 31.1 Å². The summed E-state index contributed by atoms with van der Waals surface area (Å²) >= 11 is 1.59. The third-order valence-electron chi connectivity index (χ3n) is 6.85. The minimum absolute atomic E-state index is 0.0891. The predicted molar refractivity (Wildman–Crippen MR) is 194 cm³/mol. The molecule has 246 valence electrons. The first-order valence-electron chi connectivity index (χ1n) is 15.4. The average molecular weight is 634 g/mol. The first-order chi connectivity index (χ1) is 21.1. The summed E-state index contributed by atoms with van der Waals surface area (Å²) in [6.07, 6.45) is 12.7. The molecule has 0 aromatic carbocycles. The molecule has 0 fully saturated rings. The number of nitrogens with zero attached hydrogens (tertiary/aromatic N) is 4. The Kier molecular flexibility index (Phi) is 17.1. The summed E-state index contributed by atoms with van der Waals surface area (Å²) in [6, 6.07) is 3.72. The Labute approximate surface area is 277 Å². The van der Waals surface area contributed by atoms with Crippen molar-refractivity contribution in [1.82, 2.24) is 20.0 Å². The lowest BCUT2D eigenvalue weighted by atomic mass is 10.1. The molecule has 0 saturated heterocycles. The lowest BCUT2D eigenvalue weighted by Gasteiger charge is -2.29. The van der Waals surface area contributed by atoms with Crippen LogP contribution < -0.4 is 5.32 Å². The van der Waals surface area contributed by atoms with Crippen molar-refractivity contribution in [2.45, 2.75) is 85.7 Å². The number of allylic oxidation sites excluding steroid dienone is 5. The second-order valence-corrected chi connectivity index (χ2v) is 13.3. The molecule has 1 amide bonds. The number of rotatable bonds is 20. The van der Waals surface area contributed by atoms with Gasteiger partial charge in [-0.25, -0.2) is 0 Å². The molecular formula is C37H55N5O2S. The van der Waals surface area contributed by atoms with Gasteiger partial charge in [0.15, 0.2) is 11.7 Å². The van der Waals surface area contributed by atoms with E-state index >= 15 is 0 Å². The van der Waals surface area contributed by atoms with Crippen LogP contribution in [0.15, 0.2) is 108 Å². The highest BCUT2D eigenvalue weighted by Gasteiger charge is 2.16. The number of carbonyl (C=O) groups is 1. The molecule has 0 spiro atoms. The molecule has 8 heteroatoms. The number of thioether (sulfide) groups is 1. The third-order valence-corrected chi connectivity index (χ3v) is 7.85. The molecule has 0 saturated carbocycles. The number of aromatic nitrogens is 2. The van der Waals surface area contributed by atoms with Gasteiger partial charge in [-0.3, -0.25) is 4.79 Å². The molecule has 1 rings (SSSR count). The van der Waals surface area contributed by atoms with Gasteiger partial charge < -0.3 is 19.9 Å². The van der Waals surface area contributed by atoms with Gasteiger partial charge in [-0.15, -0.1) is 5.10 Å². The Bertz CT molecular complexity index is 1300. The number of aryl methyl sites for hydroxylation is 1. The summed E-state index contributed by atoms with van der Waals surface area (Å²) in [6.45, 7) is 33.5. The molecule has 0 bridgehead atoms. The van der Waals surface area contributed by atoms with Gasteiger partial charge in [-0.1, -0.05) is 68.0 Å². The highest BCUT2D eigenvalue weighted by atomic mass is 32.2. The average Bonchev–Trinajstić information content (AvgIpc) is 2.97.